The fourth-order valence-corrected chi connectivity index (χ4v) is 5.11. The van der Waals surface area contributed by atoms with E-state index in [0.717, 1.165) is 49.0 Å². The van der Waals surface area contributed by atoms with Crippen molar-refractivity contribution >= 4 is 34.2 Å². The Morgan fingerprint density at radius 3 is 2.61 bits per heavy atom. The molecule has 0 saturated heterocycles. The van der Waals surface area contributed by atoms with Crippen molar-refractivity contribution in [2.75, 3.05) is 11.9 Å². The Bertz CT molecular complexity index is 782. The topological polar surface area (TPSA) is 92.7 Å². The van der Waals surface area contributed by atoms with Crippen molar-refractivity contribution in [1.82, 2.24) is 0 Å². The van der Waals surface area contributed by atoms with E-state index in [4.69, 9.17) is 4.74 Å². The van der Waals surface area contributed by atoms with Crippen LogP contribution in [0.25, 0.3) is 0 Å². The van der Waals surface area contributed by atoms with Crippen LogP contribution in [0.5, 0.6) is 0 Å². The lowest BCUT2D eigenvalue weighted by molar-refractivity contribution is -0.146. The maximum Gasteiger partial charge on any atom is 0.341 e. The highest BCUT2D eigenvalue weighted by Crippen LogP contribution is 2.39. The standard InChI is InChI=1S/C21H27NO5S/c1-2-3-12-27-21(26)17-15-10-6-7-11-16(15)28-19(17)22-18(23)13-8-4-5-9-14(13)20(24)25/h4-5,13-14H,2-3,6-12H2,1H3,(H,22,23)(H,24,25)/t13-,14+/m0/s1. The number of carboxylic acids is 1. The third-order valence-electron chi connectivity index (χ3n) is 5.43. The Balaban J connectivity index is 1.83. The number of aryl methyl sites for hydroxylation is 1. The first-order valence-corrected chi connectivity index (χ1v) is 10.8. The van der Waals surface area contributed by atoms with Gasteiger partial charge in [0.15, 0.2) is 0 Å². The summed E-state index contributed by atoms with van der Waals surface area (Å²) in [6.45, 7) is 2.39. The molecule has 0 radical (unpaired) electrons. The average Bonchev–Trinajstić information content (AvgIpc) is 3.05. The summed E-state index contributed by atoms with van der Waals surface area (Å²) in [6, 6.07) is 0. The SMILES string of the molecule is CCCCOC(=O)c1c(NC(=O)[C@H]2CC=CC[C@H]2C(=O)O)sc2c1CCCC2. The van der Waals surface area contributed by atoms with Crippen LogP contribution >= 0.6 is 11.3 Å². The summed E-state index contributed by atoms with van der Waals surface area (Å²) in [5, 5.41) is 12.8. The van der Waals surface area contributed by atoms with Crippen LogP contribution < -0.4 is 5.32 Å². The van der Waals surface area contributed by atoms with Crippen LogP contribution in [0.2, 0.25) is 0 Å². The van der Waals surface area contributed by atoms with Crippen molar-refractivity contribution in [3.8, 4) is 0 Å². The number of carbonyl (C=O) groups excluding carboxylic acids is 2. The van der Waals surface area contributed by atoms with Crippen LogP contribution in [0, 0.1) is 11.8 Å². The lowest BCUT2D eigenvalue weighted by atomic mass is 9.82. The quantitative estimate of drug-likeness (QED) is 0.403. The molecule has 1 aromatic heterocycles. The molecule has 28 heavy (non-hydrogen) atoms. The number of esters is 1. The maximum absolute atomic E-state index is 12.9. The number of aliphatic carboxylic acids is 1. The van der Waals surface area contributed by atoms with Crippen LogP contribution in [-0.2, 0) is 27.2 Å². The number of hydrogen-bond donors (Lipinski definition) is 2. The minimum absolute atomic E-state index is 0.335. The first-order valence-electron chi connectivity index (χ1n) is 10.0. The second-order valence-electron chi connectivity index (χ2n) is 7.39. The number of unbranched alkanes of at least 4 members (excludes halogenated alkanes) is 1. The van der Waals surface area contributed by atoms with E-state index < -0.39 is 17.8 Å². The molecule has 1 amide bonds. The van der Waals surface area contributed by atoms with E-state index >= 15 is 0 Å². The molecule has 2 atom stereocenters. The summed E-state index contributed by atoms with van der Waals surface area (Å²) in [5.41, 5.74) is 1.47. The van der Waals surface area contributed by atoms with Gasteiger partial charge in [-0.25, -0.2) is 4.79 Å². The summed E-state index contributed by atoms with van der Waals surface area (Å²) >= 11 is 1.43. The number of hydrogen-bond acceptors (Lipinski definition) is 5. The molecule has 1 heterocycles. The number of nitrogens with one attached hydrogen (secondary N) is 1. The van der Waals surface area contributed by atoms with Gasteiger partial charge in [0.05, 0.1) is 24.0 Å². The van der Waals surface area contributed by atoms with Crippen LogP contribution in [0.15, 0.2) is 12.2 Å². The third kappa shape index (κ3) is 4.46. The molecule has 0 aliphatic heterocycles. The molecule has 2 aliphatic carbocycles. The molecule has 7 heteroatoms. The molecular formula is C21H27NO5S. The van der Waals surface area contributed by atoms with Crippen molar-refractivity contribution in [3.05, 3.63) is 28.2 Å². The van der Waals surface area contributed by atoms with E-state index in [1.807, 2.05) is 19.1 Å². The van der Waals surface area contributed by atoms with Crippen molar-refractivity contribution in [3.63, 3.8) is 0 Å². The van der Waals surface area contributed by atoms with Crippen LogP contribution in [0.3, 0.4) is 0 Å². The number of fused-ring (bicyclic) bond motifs is 1. The first kappa shape index (κ1) is 20.6. The van der Waals surface area contributed by atoms with Crippen LogP contribution in [0.4, 0.5) is 5.00 Å². The average molecular weight is 406 g/mol. The molecule has 0 fully saturated rings. The Kier molecular flexibility index (Phi) is 6.88. The summed E-state index contributed by atoms with van der Waals surface area (Å²) in [6.07, 6.45) is 9.93. The number of allylic oxidation sites excluding steroid dienone is 2. The lowest BCUT2D eigenvalue weighted by Gasteiger charge is -2.24. The molecule has 0 spiro atoms. The van der Waals surface area contributed by atoms with Crippen molar-refractivity contribution in [2.24, 2.45) is 11.8 Å². The van der Waals surface area contributed by atoms with Gasteiger partial charge in [0.1, 0.15) is 5.00 Å². The number of anilines is 1. The van der Waals surface area contributed by atoms with E-state index in [0.29, 0.717) is 30.0 Å². The zero-order chi connectivity index (χ0) is 20.1. The molecule has 0 aromatic carbocycles. The molecule has 152 valence electrons. The second kappa shape index (κ2) is 9.37. The zero-order valence-electron chi connectivity index (χ0n) is 16.2. The fraction of sp³-hybridized carbons (Fsp3) is 0.571. The van der Waals surface area contributed by atoms with Gasteiger partial charge in [-0.15, -0.1) is 11.3 Å². The molecule has 0 saturated carbocycles. The lowest BCUT2D eigenvalue weighted by Crippen LogP contribution is -2.34. The van der Waals surface area contributed by atoms with Gasteiger partial charge in [0, 0.05) is 4.88 Å². The minimum atomic E-state index is -0.964. The minimum Gasteiger partial charge on any atom is -0.481 e. The first-order chi connectivity index (χ1) is 13.5. The van der Waals surface area contributed by atoms with E-state index in [1.54, 1.807) is 0 Å². The van der Waals surface area contributed by atoms with Crippen molar-refractivity contribution < 1.29 is 24.2 Å². The predicted octanol–water partition coefficient (Wildman–Crippen LogP) is 4.19. The van der Waals surface area contributed by atoms with Crippen LogP contribution in [-0.4, -0.2) is 29.6 Å². The van der Waals surface area contributed by atoms with Gasteiger partial charge in [-0.1, -0.05) is 25.5 Å². The number of thiophene rings is 1. The van der Waals surface area contributed by atoms with Crippen LogP contribution in [0.1, 0.15) is 66.2 Å². The summed E-state index contributed by atoms with van der Waals surface area (Å²) in [4.78, 5) is 38.3. The van der Waals surface area contributed by atoms with Gasteiger partial charge < -0.3 is 15.2 Å². The summed E-state index contributed by atoms with van der Waals surface area (Å²) < 4.78 is 5.43. The van der Waals surface area contributed by atoms with E-state index in [1.165, 1.54) is 11.3 Å². The maximum atomic E-state index is 12.9. The Labute approximate surface area is 169 Å². The van der Waals surface area contributed by atoms with E-state index in [2.05, 4.69) is 5.32 Å². The third-order valence-corrected chi connectivity index (χ3v) is 6.64. The Hall–Kier alpha value is -2.15. The number of carboxylic acid groups (broad SMARTS) is 1. The Morgan fingerprint density at radius 2 is 1.89 bits per heavy atom. The fourth-order valence-electron chi connectivity index (χ4n) is 3.83. The molecule has 6 nitrogen and oxygen atoms in total. The highest BCUT2D eigenvalue weighted by atomic mass is 32.1. The summed E-state index contributed by atoms with van der Waals surface area (Å²) in [5.74, 6) is -3.06. The van der Waals surface area contributed by atoms with E-state index in [9.17, 15) is 19.5 Å². The predicted molar refractivity (Wildman–Crippen MR) is 108 cm³/mol. The molecule has 3 rings (SSSR count). The molecule has 0 unspecified atom stereocenters. The molecule has 2 N–H and O–H groups in total. The van der Waals surface area contributed by atoms with Crippen molar-refractivity contribution in [2.45, 2.75) is 58.3 Å². The zero-order valence-corrected chi connectivity index (χ0v) is 17.0. The highest BCUT2D eigenvalue weighted by molar-refractivity contribution is 7.17. The number of rotatable bonds is 7. The van der Waals surface area contributed by atoms with Gasteiger partial charge in [-0.05, 0) is 50.5 Å². The van der Waals surface area contributed by atoms with Gasteiger partial charge in [-0.2, -0.15) is 0 Å². The number of ether oxygens (including phenoxy) is 1. The van der Waals surface area contributed by atoms with Gasteiger partial charge >= 0.3 is 11.9 Å². The Morgan fingerprint density at radius 1 is 1.18 bits per heavy atom. The van der Waals surface area contributed by atoms with Gasteiger partial charge in [0.2, 0.25) is 5.91 Å². The molecular weight excluding hydrogens is 378 g/mol. The second-order valence-corrected chi connectivity index (χ2v) is 8.49. The summed E-state index contributed by atoms with van der Waals surface area (Å²) in [7, 11) is 0. The highest BCUT2D eigenvalue weighted by Gasteiger charge is 2.35. The van der Waals surface area contributed by atoms with Gasteiger partial charge in [0.25, 0.3) is 0 Å². The largest absolute Gasteiger partial charge is 0.481 e. The van der Waals surface area contributed by atoms with Gasteiger partial charge in [-0.3, -0.25) is 9.59 Å². The molecule has 0 bridgehead atoms. The van der Waals surface area contributed by atoms with Crippen molar-refractivity contribution in [1.29, 1.82) is 0 Å². The molecule has 2 aliphatic rings. The number of carbonyl (C=O) groups is 3. The molecule has 1 aromatic rings. The smallest absolute Gasteiger partial charge is 0.341 e. The number of amides is 1. The monoisotopic (exact) mass is 405 g/mol. The normalized spacial score (nSPS) is 21.0. The van der Waals surface area contributed by atoms with E-state index in [-0.39, 0.29) is 11.9 Å².